The van der Waals surface area contributed by atoms with Crippen molar-refractivity contribution in [3.05, 3.63) is 0 Å². The van der Waals surface area contributed by atoms with Crippen molar-refractivity contribution in [1.82, 2.24) is 0 Å². The summed E-state index contributed by atoms with van der Waals surface area (Å²) < 4.78 is 9.47. The number of carboxylic acid groups (broad SMARTS) is 1. The summed E-state index contributed by atoms with van der Waals surface area (Å²) in [6, 6.07) is 0. The summed E-state index contributed by atoms with van der Waals surface area (Å²) in [4.78, 5) is 27.0. The van der Waals surface area contributed by atoms with E-state index in [1.807, 2.05) is 4.93 Å². The van der Waals surface area contributed by atoms with E-state index in [1.54, 1.807) is 0 Å². The van der Waals surface area contributed by atoms with Crippen LogP contribution in [0, 0.1) is 31.1 Å². The second-order valence-corrected chi connectivity index (χ2v) is 5.60. The van der Waals surface area contributed by atoms with Crippen molar-refractivity contribution in [2.24, 2.45) is 0 Å². The molecule has 0 fully saturated rings. The number of ketones is 1. The van der Waals surface area contributed by atoms with Gasteiger partial charge in [0.25, 0.3) is 0 Å². The molecule has 0 spiro atoms. The first-order valence-electron chi connectivity index (χ1n) is 5.93. The molecular weight excluding hydrogens is 754 g/mol. The quantitative estimate of drug-likeness (QED) is 0.0561. The van der Waals surface area contributed by atoms with Crippen LogP contribution >= 0.6 is 23.0 Å². The predicted molar refractivity (Wildman–Crippen MR) is 74.1 cm³/mol. The minimum atomic E-state index is -1.04. The van der Waals surface area contributed by atoms with E-state index in [-0.39, 0.29) is 61.8 Å². The Morgan fingerprint density at radius 1 is 1.18 bits per heavy atom. The minimum Gasteiger partial charge on any atom is -0.412 e. The average Bonchev–Trinajstić information content (AvgIpc) is 2.36. The molecule has 0 radical (unpaired) electrons. The molecule has 132 valence electrons. The van der Waals surface area contributed by atoms with Crippen molar-refractivity contribution in [2.45, 2.75) is 38.5 Å². The number of quaternary nitrogens is 1. The SMILES string of the molecule is C[I-]O[N+](O)(CCCCCC(=O)CCC(=O)O)OOI.O.[U]. The molecule has 0 aliphatic heterocycles. The third-order valence-corrected chi connectivity index (χ3v) is 3.51. The molecule has 9 nitrogen and oxygen atoms in total. The van der Waals surface area contributed by atoms with E-state index in [0.29, 0.717) is 25.7 Å². The molecule has 12 heteroatoms. The van der Waals surface area contributed by atoms with Crippen molar-refractivity contribution < 1.29 is 94.5 Å². The standard InChI is InChI=1S/C10H19I2NO7.H2O.U/c1-12-19-13(17,20-18-11)8-4-2-3-5-9(14)6-7-10(15)16;;/h17H,2-8H2,1H3,(H,15,16);1H2;. The van der Waals surface area contributed by atoms with Crippen LogP contribution in [0.4, 0.5) is 0 Å². The summed E-state index contributed by atoms with van der Waals surface area (Å²) in [6.07, 6.45) is 2.24. The van der Waals surface area contributed by atoms with E-state index in [9.17, 15) is 14.8 Å². The van der Waals surface area contributed by atoms with Crippen LogP contribution in [0.2, 0.25) is 0 Å². The number of alkyl halides is 1. The van der Waals surface area contributed by atoms with Crippen LogP contribution in [0.5, 0.6) is 0 Å². The molecule has 0 aromatic carbocycles. The Balaban J connectivity index is -0.00000180. The molecule has 22 heavy (non-hydrogen) atoms. The topological polar surface area (TPSA) is 134 Å². The fraction of sp³-hybridized carbons (Fsp3) is 0.800. The summed E-state index contributed by atoms with van der Waals surface area (Å²) >= 11 is 0.847. The number of carboxylic acids is 1. The third-order valence-electron chi connectivity index (χ3n) is 2.34. The molecule has 0 rings (SSSR count). The number of hydroxylamine groups is 3. The average molecular weight is 775 g/mol. The van der Waals surface area contributed by atoms with E-state index >= 15 is 0 Å². The maximum absolute atomic E-state index is 11.3. The van der Waals surface area contributed by atoms with E-state index in [0.717, 1.165) is 0 Å². The molecule has 1 unspecified atom stereocenters. The number of carbonyl (C=O) groups is 2. The molecule has 0 saturated heterocycles. The molecular formula is C10H21I2NO8U. The van der Waals surface area contributed by atoms with Crippen LogP contribution in [0.1, 0.15) is 38.5 Å². The molecule has 0 heterocycles. The van der Waals surface area contributed by atoms with Gasteiger partial charge in [0.05, 0.1) is 0 Å². The summed E-state index contributed by atoms with van der Waals surface area (Å²) in [5.74, 6) is -1.02. The molecule has 0 aliphatic rings. The predicted octanol–water partition coefficient (Wildman–Crippen LogP) is -1.86. The van der Waals surface area contributed by atoms with Crippen LogP contribution in [0.3, 0.4) is 0 Å². The smallest absolute Gasteiger partial charge is 0 e. The molecule has 0 aliphatic carbocycles. The first-order valence-corrected chi connectivity index (χ1v) is 9.85. The van der Waals surface area contributed by atoms with Crippen molar-refractivity contribution in [3.8, 4) is 0 Å². The molecule has 0 bridgehead atoms. The normalized spacial score (nSPS) is 12.9. The Bertz CT molecular complexity index is 305. The summed E-state index contributed by atoms with van der Waals surface area (Å²) in [6.45, 7) is 0.194. The van der Waals surface area contributed by atoms with Gasteiger partial charge < -0.3 is 5.48 Å². The van der Waals surface area contributed by atoms with Crippen molar-refractivity contribution in [2.75, 3.05) is 11.5 Å². The van der Waals surface area contributed by atoms with Gasteiger partial charge in [-0.3, -0.25) is 0 Å². The van der Waals surface area contributed by atoms with Crippen molar-refractivity contribution >= 4 is 34.8 Å². The number of rotatable bonds is 13. The van der Waals surface area contributed by atoms with Crippen LogP contribution in [-0.2, 0) is 21.0 Å². The number of nitrogens with zero attached hydrogens (tertiary/aromatic N) is 1. The first kappa shape index (κ1) is 28.2. The van der Waals surface area contributed by atoms with Gasteiger partial charge in [-0.1, -0.05) is 0 Å². The number of carbonyl (C=O) groups excluding carboxylic acids is 1. The van der Waals surface area contributed by atoms with Crippen LogP contribution in [-0.4, -0.2) is 44.0 Å². The van der Waals surface area contributed by atoms with Crippen LogP contribution in [0.15, 0.2) is 0 Å². The number of hydrogen-bond acceptors (Lipinski definition) is 6. The molecule has 0 saturated carbocycles. The second-order valence-electron chi connectivity index (χ2n) is 3.96. The van der Waals surface area contributed by atoms with Gasteiger partial charge in [0.2, 0.25) is 0 Å². The zero-order valence-corrected chi connectivity index (χ0v) is 20.6. The molecule has 1 atom stereocenters. The van der Waals surface area contributed by atoms with Gasteiger partial charge in [0.15, 0.2) is 0 Å². The van der Waals surface area contributed by atoms with Gasteiger partial charge in [-0.05, 0) is 0 Å². The summed E-state index contributed by atoms with van der Waals surface area (Å²) in [5, 5.41) is 18.3. The number of aliphatic carboxylic acids is 1. The van der Waals surface area contributed by atoms with Gasteiger partial charge >= 0.3 is 143 Å². The Hall–Kier alpha value is 1.41. The first-order chi connectivity index (χ1) is 9.43. The molecule has 0 aromatic rings. The minimum absolute atomic E-state index is 0. The maximum atomic E-state index is 11.3. The molecule has 0 amide bonds. The van der Waals surface area contributed by atoms with E-state index in [4.69, 9.17) is 8.27 Å². The van der Waals surface area contributed by atoms with Crippen LogP contribution in [0.25, 0.3) is 0 Å². The molecule has 0 aromatic heterocycles. The van der Waals surface area contributed by atoms with Gasteiger partial charge in [0, 0.05) is 31.1 Å². The van der Waals surface area contributed by atoms with Gasteiger partial charge in [-0.15, -0.1) is 0 Å². The number of halogens is 2. The number of unbranched alkanes of at least 4 members (excludes halogenated alkanes) is 2. The second kappa shape index (κ2) is 17.2. The maximum Gasteiger partial charge on any atom is 0 e. The van der Waals surface area contributed by atoms with Gasteiger partial charge in [0.1, 0.15) is 0 Å². The fourth-order valence-electron chi connectivity index (χ4n) is 1.42. The van der Waals surface area contributed by atoms with Gasteiger partial charge in [-0.2, -0.15) is 0 Å². The zero-order valence-electron chi connectivity index (χ0n) is 12.1. The fourth-order valence-corrected chi connectivity index (χ4v) is 2.55. The summed E-state index contributed by atoms with van der Waals surface area (Å²) in [7, 11) is 0. The summed E-state index contributed by atoms with van der Waals surface area (Å²) in [5.41, 5.74) is 0. The Kier molecular flexibility index (Phi) is 22.1. The van der Waals surface area contributed by atoms with Crippen LogP contribution < -0.4 is 21.6 Å². The van der Waals surface area contributed by atoms with Crippen molar-refractivity contribution in [3.63, 3.8) is 0 Å². The van der Waals surface area contributed by atoms with Gasteiger partial charge in [-0.25, -0.2) is 0 Å². The third kappa shape index (κ3) is 16.3. The number of hydrogen-bond donors (Lipinski definition) is 2. The number of Topliss-reactive ketones (excluding diaryl/α,β-unsaturated/α-hetero) is 1. The Morgan fingerprint density at radius 2 is 1.82 bits per heavy atom. The van der Waals surface area contributed by atoms with E-state index in [2.05, 4.69) is 8.21 Å². The van der Waals surface area contributed by atoms with E-state index in [1.165, 1.54) is 23.0 Å². The van der Waals surface area contributed by atoms with E-state index < -0.39 is 32.6 Å². The largest absolute Gasteiger partial charge is 0.412 e. The van der Waals surface area contributed by atoms with Crippen molar-refractivity contribution in [1.29, 1.82) is 0 Å². The monoisotopic (exact) mass is 775 g/mol. The Morgan fingerprint density at radius 3 is 2.32 bits per heavy atom. The molecule has 4 N–H and O–H groups in total. The Labute approximate surface area is 177 Å². The zero-order chi connectivity index (χ0) is 15.4.